The molecular weight excluding hydrogens is 352 g/mol. The number of likely N-dealkylation sites (tertiary alicyclic amines) is 1. The second-order valence-electron chi connectivity index (χ2n) is 6.61. The van der Waals surface area contributed by atoms with Crippen LogP contribution in [0.15, 0.2) is 24.4 Å². The maximum atomic E-state index is 12.5. The Hall–Kier alpha value is -2.32. The van der Waals surface area contributed by atoms with Crippen molar-refractivity contribution in [2.75, 3.05) is 11.9 Å². The van der Waals surface area contributed by atoms with Gasteiger partial charge in [0.1, 0.15) is 0 Å². The molecule has 2 heterocycles. The van der Waals surface area contributed by atoms with E-state index in [0.29, 0.717) is 22.3 Å². The van der Waals surface area contributed by atoms with Gasteiger partial charge in [0.2, 0.25) is 0 Å². The van der Waals surface area contributed by atoms with Crippen molar-refractivity contribution in [2.24, 2.45) is 0 Å². The van der Waals surface area contributed by atoms with Crippen LogP contribution in [0.5, 0.6) is 0 Å². The molecule has 0 saturated carbocycles. The Morgan fingerprint density at radius 1 is 1.46 bits per heavy atom. The predicted octanol–water partition coefficient (Wildman–Crippen LogP) is 3.99. The van der Waals surface area contributed by atoms with Gasteiger partial charge in [-0.3, -0.25) is 25.1 Å². The molecule has 1 aliphatic heterocycles. The summed E-state index contributed by atoms with van der Waals surface area (Å²) < 4.78 is 0. The fraction of sp³-hybridized carbons (Fsp3) is 0.444. The van der Waals surface area contributed by atoms with Gasteiger partial charge in [0.25, 0.3) is 11.6 Å². The summed E-state index contributed by atoms with van der Waals surface area (Å²) in [6.07, 6.45) is 5.51. The lowest BCUT2D eigenvalue weighted by Gasteiger charge is -2.32. The first-order chi connectivity index (χ1) is 12.5. The standard InChI is InChI=1S/C18H22N4O3S/c1-12-6-3-4-9-21(12)11-14-10-19-18(26-14)20-17(23)15-7-5-8-16(13(15)2)22(24)25/h5,7-8,10,12H,3-4,6,9,11H2,1-2H3,(H,19,20,23). The van der Waals surface area contributed by atoms with E-state index in [9.17, 15) is 14.9 Å². The topological polar surface area (TPSA) is 88.4 Å². The van der Waals surface area contributed by atoms with Crippen molar-refractivity contribution in [3.05, 3.63) is 50.5 Å². The van der Waals surface area contributed by atoms with Crippen LogP contribution in [0.4, 0.5) is 10.8 Å². The molecule has 1 N–H and O–H groups in total. The Morgan fingerprint density at radius 3 is 3.00 bits per heavy atom. The number of piperidine rings is 1. The summed E-state index contributed by atoms with van der Waals surface area (Å²) in [5.74, 6) is -0.376. The Bertz CT molecular complexity index is 821. The summed E-state index contributed by atoms with van der Waals surface area (Å²) >= 11 is 1.45. The number of carbonyl (C=O) groups is 1. The third-order valence-corrected chi connectivity index (χ3v) is 5.72. The number of carbonyl (C=O) groups excluding carboxylic acids is 1. The van der Waals surface area contributed by atoms with E-state index in [1.54, 1.807) is 19.2 Å². The van der Waals surface area contributed by atoms with Crippen LogP contribution < -0.4 is 5.32 Å². The van der Waals surface area contributed by atoms with Gasteiger partial charge in [-0.25, -0.2) is 4.98 Å². The summed E-state index contributed by atoms with van der Waals surface area (Å²) in [5, 5.41) is 14.3. The molecule has 0 bridgehead atoms. The van der Waals surface area contributed by atoms with Gasteiger partial charge in [-0.1, -0.05) is 12.5 Å². The molecule has 7 nitrogen and oxygen atoms in total. The Kier molecular flexibility index (Phi) is 5.63. The van der Waals surface area contributed by atoms with Crippen molar-refractivity contribution >= 4 is 28.1 Å². The van der Waals surface area contributed by atoms with Crippen LogP contribution in [-0.2, 0) is 6.54 Å². The highest BCUT2D eigenvalue weighted by Gasteiger charge is 2.21. The number of benzene rings is 1. The molecule has 0 aliphatic carbocycles. The first kappa shape index (κ1) is 18.5. The number of rotatable bonds is 5. The molecular formula is C18H22N4O3S. The summed E-state index contributed by atoms with van der Waals surface area (Å²) in [5.41, 5.74) is 0.589. The minimum atomic E-state index is -0.479. The van der Waals surface area contributed by atoms with Crippen LogP contribution in [0.25, 0.3) is 0 Å². The number of nitrogens with zero attached hydrogens (tertiary/aromatic N) is 3. The van der Waals surface area contributed by atoms with Gasteiger partial charge in [-0.15, -0.1) is 11.3 Å². The minimum absolute atomic E-state index is 0.0587. The summed E-state index contributed by atoms with van der Waals surface area (Å²) in [6.45, 7) is 5.75. The summed E-state index contributed by atoms with van der Waals surface area (Å²) in [4.78, 5) is 30.9. The van der Waals surface area contributed by atoms with E-state index in [-0.39, 0.29) is 11.6 Å². The van der Waals surface area contributed by atoms with Crippen LogP contribution in [0.2, 0.25) is 0 Å². The molecule has 1 fully saturated rings. The molecule has 1 amide bonds. The Morgan fingerprint density at radius 2 is 2.27 bits per heavy atom. The van der Waals surface area contributed by atoms with Crippen molar-refractivity contribution in [1.82, 2.24) is 9.88 Å². The molecule has 0 spiro atoms. The molecule has 0 radical (unpaired) electrons. The predicted molar refractivity (Wildman–Crippen MR) is 102 cm³/mol. The maximum Gasteiger partial charge on any atom is 0.273 e. The molecule has 1 aromatic carbocycles. The number of anilines is 1. The normalized spacial score (nSPS) is 17.8. The van der Waals surface area contributed by atoms with Crippen LogP contribution in [0.1, 0.15) is 47.0 Å². The maximum absolute atomic E-state index is 12.5. The number of nitrogens with one attached hydrogen (secondary N) is 1. The van der Waals surface area contributed by atoms with Crippen LogP contribution in [-0.4, -0.2) is 33.3 Å². The lowest BCUT2D eigenvalue weighted by atomic mass is 10.0. The lowest BCUT2D eigenvalue weighted by Crippen LogP contribution is -2.36. The number of nitro groups is 1. The summed E-state index contributed by atoms with van der Waals surface area (Å²) in [6, 6.07) is 5.07. The van der Waals surface area contributed by atoms with Crippen LogP contribution in [0.3, 0.4) is 0 Å². The monoisotopic (exact) mass is 374 g/mol. The zero-order chi connectivity index (χ0) is 18.7. The van der Waals surface area contributed by atoms with E-state index in [0.717, 1.165) is 18.0 Å². The zero-order valence-corrected chi connectivity index (χ0v) is 15.7. The van der Waals surface area contributed by atoms with Gasteiger partial charge in [-0.2, -0.15) is 0 Å². The van der Waals surface area contributed by atoms with Gasteiger partial charge < -0.3 is 0 Å². The average molecular weight is 374 g/mol. The highest BCUT2D eigenvalue weighted by atomic mass is 32.1. The molecule has 1 aromatic heterocycles. The second kappa shape index (κ2) is 7.92. The molecule has 138 valence electrons. The molecule has 1 unspecified atom stereocenters. The largest absolute Gasteiger partial charge is 0.298 e. The number of hydrogen-bond donors (Lipinski definition) is 1. The van der Waals surface area contributed by atoms with Crippen molar-refractivity contribution in [3.63, 3.8) is 0 Å². The summed E-state index contributed by atoms with van der Waals surface area (Å²) in [7, 11) is 0. The van der Waals surface area contributed by atoms with Gasteiger partial charge in [0, 0.05) is 40.9 Å². The first-order valence-corrected chi connectivity index (χ1v) is 9.51. The molecule has 1 atom stereocenters. The molecule has 2 aromatic rings. The van der Waals surface area contributed by atoms with Crippen molar-refractivity contribution in [1.29, 1.82) is 0 Å². The molecule has 8 heteroatoms. The highest BCUT2D eigenvalue weighted by Crippen LogP contribution is 2.26. The molecule has 26 heavy (non-hydrogen) atoms. The van der Waals surface area contributed by atoms with Gasteiger partial charge in [-0.05, 0) is 39.3 Å². The smallest absolute Gasteiger partial charge is 0.273 e. The third kappa shape index (κ3) is 4.08. The molecule has 1 saturated heterocycles. The average Bonchev–Trinajstić information content (AvgIpc) is 3.03. The fourth-order valence-electron chi connectivity index (χ4n) is 3.26. The third-order valence-electron chi connectivity index (χ3n) is 4.82. The van der Waals surface area contributed by atoms with Crippen molar-refractivity contribution in [3.8, 4) is 0 Å². The minimum Gasteiger partial charge on any atom is -0.298 e. The van der Waals surface area contributed by atoms with Gasteiger partial charge in [0.15, 0.2) is 5.13 Å². The van der Waals surface area contributed by atoms with Crippen molar-refractivity contribution in [2.45, 2.75) is 45.7 Å². The van der Waals surface area contributed by atoms with Gasteiger partial charge >= 0.3 is 0 Å². The molecule has 3 rings (SSSR count). The van der Waals surface area contributed by atoms with Crippen LogP contribution >= 0.6 is 11.3 Å². The van der Waals surface area contributed by atoms with E-state index in [4.69, 9.17) is 0 Å². The first-order valence-electron chi connectivity index (χ1n) is 8.70. The number of nitro benzene ring substituents is 1. The van der Waals surface area contributed by atoms with Gasteiger partial charge in [0.05, 0.1) is 4.92 Å². The molecule has 1 aliphatic rings. The van der Waals surface area contributed by atoms with E-state index in [1.807, 2.05) is 0 Å². The number of hydrogen-bond acceptors (Lipinski definition) is 6. The Labute approximate surface area is 156 Å². The number of thiazole rings is 1. The second-order valence-corrected chi connectivity index (χ2v) is 7.72. The quantitative estimate of drug-likeness (QED) is 0.631. The highest BCUT2D eigenvalue weighted by molar-refractivity contribution is 7.15. The van der Waals surface area contributed by atoms with E-state index in [2.05, 4.69) is 22.1 Å². The fourth-order valence-corrected chi connectivity index (χ4v) is 4.10. The van der Waals surface area contributed by atoms with E-state index >= 15 is 0 Å². The van der Waals surface area contributed by atoms with Crippen molar-refractivity contribution < 1.29 is 9.72 Å². The van der Waals surface area contributed by atoms with E-state index in [1.165, 1.54) is 42.7 Å². The Balaban J connectivity index is 1.68. The SMILES string of the molecule is Cc1c(C(=O)Nc2ncc(CN3CCCCC3C)s2)cccc1[N+](=O)[O-]. The zero-order valence-electron chi connectivity index (χ0n) is 14.9. The number of aromatic nitrogens is 1. The number of amides is 1. The van der Waals surface area contributed by atoms with Crippen LogP contribution in [0, 0.1) is 17.0 Å². The van der Waals surface area contributed by atoms with E-state index < -0.39 is 4.92 Å². The lowest BCUT2D eigenvalue weighted by molar-refractivity contribution is -0.385.